The summed E-state index contributed by atoms with van der Waals surface area (Å²) >= 11 is 0. The Hall–Kier alpha value is 0.426. The smallest absolute Gasteiger partial charge is 0.330 e. The Labute approximate surface area is 192 Å². The number of benzene rings is 1. The van der Waals surface area contributed by atoms with Crippen LogP contribution < -0.4 is 57.1 Å². The molecule has 1 nitrogen and oxygen atoms in total. The molecule has 2 N–H and O–H groups in total. The van der Waals surface area contributed by atoms with E-state index in [-0.39, 0.29) is 51.4 Å². The van der Waals surface area contributed by atoms with Crippen LogP contribution in [0.25, 0.3) is 10.8 Å². The molecule has 130 valence electrons. The normalized spacial score (nSPS) is 10.2. The van der Waals surface area contributed by atoms with E-state index in [0.717, 1.165) is 6.54 Å². The maximum absolute atomic E-state index is 5.39. The summed E-state index contributed by atoms with van der Waals surface area (Å²) in [6.07, 6.45) is 11.0. The number of hydrogen-bond acceptors (Lipinski definition) is 1. The zero-order valence-electron chi connectivity index (χ0n) is 16.8. The molecule has 0 fully saturated rings. The fraction of sp³-hybridized carbons (Fsp3) is 0.591. The third-order valence-corrected chi connectivity index (χ3v) is 4.70. The predicted molar refractivity (Wildman–Crippen MR) is 105 cm³/mol. The van der Waals surface area contributed by atoms with E-state index in [1.807, 2.05) is 0 Å². The Morgan fingerprint density at radius 3 is 2.00 bits per heavy atom. The number of hydrogen-bond donors (Lipinski definition) is 1. The molecule has 2 aromatic rings. The molecular weight excluding hydrogens is 317 g/mol. The number of rotatable bonds is 8. The molecule has 0 heterocycles. The fourth-order valence-electron chi connectivity index (χ4n) is 3.14. The minimum absolute atomic E-state index is 0. The van der Waals surface area contributed by atoms with Crippen LogP contribution in [0, 0.1) is 20.8 Å². The molecule has 0 radical (unpaired) electrons. The Kier molecular flexibility index (Phi) is 14.8. The van der Waals surface area contributed by atoms with Gasteiger partial charge in [0.2, 0.25) is 0 Å². The Morgan fingerprint density at radius 1 is 0.875 bits per heavy atom. The molecule has 0 amide bonds. The van der Waals surface area contributed by atoms with Crippen molar-refractivity contribution in [1.82, 2.24) is 0 Å². The van der Waals surface area contributed by atoms with E-state index >= 15 is 0 Å². The van der Waals surface area contributed by atoms with E-state index in [0.29, 0.717) is 0 Å². The van der Waals surface area contributed by atoms with E-state index < -0.39 is 0 Å². The van der Waals surface area contributed by atoms with Gasteiger partial charge in [-0.2, -0.15) is 5.56 Å². The van der Waals surface area contributed by atoms with E-state index in [1.54, 1.807) is 0 Å². The molecule has 2 heteroatoms. The number of aryl methyl sites for hydroxylation is 3. The number of nitrogens with two attached hydrogens (primary N) is 1. The summed E-state index contributed by atoms with van der Waals surface area (Å²) in [7, 11) is 0. The molecule has 0 aliphatic rings. The van der Waals surface area contributed by atoms with Gasteiger partial charge in [0.1, 0.15) is 0 Å². The van der Waals surface area contributed by atoms with E-state index in [1.165, 1.54) is 78.8 Å². The van der Waals surface area contributed by atoms with Crippen molar-refractivity contribution in [3.63, 3.8) is 0 Å². The van der Waals surface area contributed by atoms with Gasteiger partial charge in [-0.25, -0.2) is 0 Å². The van der Waals surface area contributed by atoms with Crippen molar-refractivity contribution in [3.05, 3.63) is 41.0 Å². The van der Waals surface area contributed by atoms with Crippen LogP contribution in [0.15, 0.2) is 24.3 Å². The van der Waals surface area contributed by atoms with Crippen molar-refractivity contribution in [2.75, 3.05) is 6.54 Å². The minimum atomic E-state index is 0. The topological polar surface area (TPSA) is 26.0 Å². The molecule has 24 heavy (non-hydrogen) atoms. The molecule has 2 aromatic carbocycles. The van der Waals surface area contributed by atoms with Crippen LogP contribution in [0.1, 0.15) is 75.0 Å². The van der Waals surface area contributed by atoms with E-state index in [4.69, 9.17) is 5.73 Å². The van der Waals surface area contributed by atoms with Gasteiger partial charge >= 0.3 is 51.4 Å². The molecule has 0 aromatic heterocycles. The molecule has 0 saturated carbocycles. The Bertz CT molecular complexity index is 548. The van der Waals surface area contributed by atoms with E-state index in [9.17, 15) is 0 Å². The molecule has 0 aliphatic heterocycles. The van der Waals surface area contributed by atoms with Crippen LogP contribution in [-0.4, -0.2) is 6.54 Å². The van der Waals surface area contributed by atoms with Gasteiger partial charge in [0, 0.05) is 0 Å². The van der Waals surface area contributed by atoms with Crippen molar-refractivity contribution in [2.45, 2.75) is 79.1 Å². The van der Waals surface area contributed by atoms with Crippen molar-refractivity contribution in [1.29, 1.82) is 0 Å². The molecule has 2 rings (SSSR count). The number of unbranched alkanes of at least 4 members (excludes halogenated alkanes) is 7. The molecule has 0 aliphatic carbocycles. The third kappa shape index (κ3) is 8.69. The van der Waals surface area contributed by atoms with Crippen molar-refractivity contribution >= 4 is 10.8 Å². The van der Waals surface area contributed by atoms with Gasteiger partial charge in [-0.1, -0.05) is 77.3 Å². The molecule has 0 saturated heterocycles. The van der Waals surface area contributed by atoms with Gasteiger partial charge in [0.15, 0.2) is 0 Å². The van der Waals surface area contributed by atoms with Crippen LogP contribution in [0.2, 0.25) is 0 Å². The standard InChI is InChI=1S/C12H13.C10H23N.K/c1-8-5-4-6-11-7-9(2)10(3)12(8)11;1-2-3-4-5-6-7-8-9-10-11;/h4-7H,1-3H3;2-11H2,1H3;/q-1;;+1. The van der Waals surface area contributed by atoms with Crippen molar-refractivity contribution in [2.24, 2.45) is 5.73 Å². The minimum Gasteiger partial charge on any atom is -0.330 e. The monoisotopic (exact) mass is 353 g/mol. The second-order valence-electron chi connectivity index (χ2n) is 6.76. The van der Waals surface area contributed by atoms with Gasteiger partial charge in [0.05, 0.1) is 0 Å². The molecule has 0 unspecified atom stereocenters. The SMILES string of the molecule is CCCCCCCCCCN.Cc1[cH-]c2cccc(C)c2c1C.[K+]. The fourth-order valence-corrected chi connectivity index (χ4v) is 3.14. The second kappa shape index (κ2) is 14.6. The van der Waals surface area contributed by atoms with Gasteiger partial charge in [-0.3, -0.25) is 0 Å². The van der Waals surface area contributed by atoms with Crippen LogP contribution in [-0.2, 0) is 0 Å². The first-order chi connectivity index (χ1) is 11.1. The summed E-state index contributed by atoms with van der Waals surface area (Å²) in [6, 6.07) is 8.74. The molecular formula is C22H36KN. The van der Waals surface area contributed by atoms with Crippen LogP contribution in [0.5, 0.6) is 0 Å². The maximum Gasteiger partial charge on any atom is 1.00 e. The summed E-state index contributed by atoms with van der Waals surface area (Å²) in [5.74, 6) is 0. The summed E-state index contributed by atoms with van der Waals surface area (Å²) in [4.78, 5) is 0. The average Bonchev–Trinajstić information content (AvgIpc) is 2.83. The van der Waals surface area contributed by atoms with Crippen LogP contribution in [0.4, 0.5) is 0 Å². The quantitative estimate of drug-likeness (QED) is 0.438. The van der Waals surface area contributed by atoms with Gasteiger partial charge in [-0.05, 0) is 19.9 Å². The molecule has 0 spiro atoms. The molecule has 0 bridgehead atoms. The Morgan fingerprint density at radius 2 is 1.46 bits per heavy atom. The Balaban J connectivity index is 0.000000426. The predicted octanol–water partition coefficient (Wildman–Crippen LogP) is 3.57. The molecule has 0 atom stereocenters. The number of fused-ring (bicyclic) bond motifs is 1. The summed E-state index contributed by atoms with van der Waals surface area (Å²) < 4.78 is 0. The summed E-state index contributed by atoms with van der Waals surface area (Å²) in [6.45, 7) is 9.68. The summed E-state index contributed by atoms with van der Waals surface area (Å²) in [5.41, 5.74) is 9.61. The van der Waals surface area contributed by atoms with Crippen molar-refractivity contribution in [3.8, 4) is 0 Å². The first-order valence-corrected chi connectivity index (χ1v) is 9.44. The van der Waals surface area contributed by atoms with Crippen molar-refractivity contribution < 1.29 is 51.4 Å². The second-order valence-corrected chi connectivity index (χ2v) is 6.76. The van der Waals surface area contributed by atoms with Crippen LogP contribution in [0.3, 0.4) is 0 Å². The van der Waals surface area contributed by atoms with Crippen LogP contribution >= 0.6 is 0 Å². The van der Waals surface area contributed by atoms with Gasteiger partial charge in [-0.15, -0.1) is 34.5 Å². The summed E-state index contributed by atoms with van der Waals surface area (Å²) in [5, 5.41) is 2.82. The van der Waals surface area contributed by atoms with Gasteiger partial charge in [0.25, 0.3) is 0 Å². The maximum atomic E-state index is 5.39. The zero-order valence-corrected chi connectivity index (χ0v) is 19.9. The largest absolute Gasteiger partial charge is 1.00 e. The first kappa shape index (κ1) is 24.4. The third-order valence-electron chi connectivity index (χ3n) is 4.70. The first-order valence-electron chi connectivity index (χ1n) is 9.44. The van der Waals surface area contributed by atoms with Gasteiger partial charge < -0.3 is 5.73 Å². The van der Waals surface area contributed by atoms with E-state index in [2.05, 4.69) is 52.0 Å². The average molecular weight is 354 g/mol. The zero-order chi connectivity index (χ0) is 17.1.